The number of nitrogens with one attached hydrogen (secondary N) is 1. The quantitative estimate of drug-likeness (QED) is 0.745. The molecule has 0 bridgehead atoms. The summed E-state index contributed by atoms with van der Waals surface area (Å²) < 4.78 is 5.10. The minimum atomic E-state index is -0.672. The Morgan fingerprint density at radius 1 is 1.21 bits per heavy atom. The van der Waals surface area contributed by atoms with Crippen molar-refractivity contribution in [1.29, 1.82) is 0 Å². The van der Waals surface area contributed by atoms with Crippen molar-refractivity contribution in [3.63, 3.8) is 0 Å². The van der Waals surface area contributed by atoms with Crippen LogP contribution in [0.4, 0.5) is 11.4 Å². The van der Waals surface area contributed by atoms with Crippen molar-refractivity contribution in [2.24, 2.45) is 5.92 Å². The minimum Gasteiger partial charge on any atom is -0.455 e. The average molecular weight is 421 g/mol. The monoisotopic (exact) mass is 420 g/mol. The largest absolute Gasteiger partial charge is 0.455 e. The molecule has 1 heterocycles. The first-order valence-corrected chi connectivity index (χ1v) is 9.38. The zero-order valence-electron chi connectivity index (χ0n) is 15.1. The maximum Gasteiger partial charge on any atom is 0.311 e. The first kappa shape index (κ1) is 20.2. The van der Waals surface area contributed by atoms with Gasteiger partial charge in [-0.1, -0.05) is 41.4 Å². The molecule has 6 nitrogen and oxygen atoms in total. The number of esters is 1. The number of hydrogen-bond acceptors (Lipinski definition) is 4. The Morgan fingerprint density at radius 3 is 2.71 bits per heavy atom. The van der Waals surface area contributed by atoms with Crippen molar-refractivity contribution < 1.29 is 19.1 Å². The van der Waals surface area contributed by atoms with Gasteiger partial charge in [-0.2, -0.15) is 0 Å². The van der Waals surface area contributed by atoms with E-state index in [0.29, 0.717) is 21.4 Å². The Hall–Kier alpha value is -2.57. The van der Waals surface area contributed by atoms with Crippen LogP contribution < -0.4 is 10.2 Å². The third-order valence-corrected chi connectivity index (χ3v) is 4.98. The highest BCUT2D eigenvalue weighted by atomic mass is 35.5. The van der Waals surface area contributed by atoms with Crippen LogP contribution in [0.3, 0.4) is 0 Å². The Bertz CT molecular complexity index is 932. The number of para-hydroxylation sites is 1. The van der Waals surface area contributed by atoms with Gasteiger partial charge in [0.05, 0.1) is 16.6 Å². The maximum atomic E-state index is 12.3. The summed E-state index contributed by atoms with van der Waals surface area (Å²) in [5.74, 6) is -1.97. The van der Waals surface area contributed by atoms with E-state index in [1.54, 1.807) is 30.3 Å². The van der Waals surface area contributed by atoms with Gasteiger partial charge < -0.3 is 15.0 Å². The number of nitrogens with zero attached hydrogens (tertiary/aromatic N) is 1. The summed E-state index contributed by atoms with van der Waals surface area (Å²) in [6.45, 7) is 1.56. The summed E-state index contributed by atoms with van der Waals surface area (Å²) in [5.41, 5.74) is 2.01. The number of aryl methyl sites for hydroxylation is 1. The van der Waals surface area contributed by atoms with Crippen LogP contribution in [0.25, 0.3) is 0 Å². The van der Waals surface area contributed by atoms with Crippen molar-refractivity contribution in [3.8, 4) is 0 Å². The summed E-state index contributed by atoms with van der Waals surface area (Å²) >= 11 is 12.1. The molecular weight excluding hydrogens is 403 g/mol. The Balaban J connectivity index is 1.57. The van der Waals surface area contributed by atoms with Gasteiger partial charge >= 0.3 is 5.97 Å². The van der Waals surface area contributed by atoms with E-state index in [2.05, 4.69) is 5.32 Å². The summed E-state index contributed by atoms with van der Waals surface area (Å²) in [4.78, 5) is 38.0. The Labute approximate surface area is 172 Å². The molecule has 1 aliphatic rings. The number of amides is 2. The molecule has 146 valence electrons. The van der Waals surface area contributed by atoms with Crippen molar-refractivity contribution in [2.75, 3.05) is 23.4 Å². The smallest absolute Gasteiger partial charge is 0.311 e. The molecule has 3 rings (SSSR count). The second-order valence-corrected chi connectivity index (χ2v) is 7.32. The number of halogens is 2. The number of carbonyl (C=O) groups is 3. The first-order valence-electron chi connectivity index (χ1n) is 8.62. The van der Waals surface area contributed by atoms with Gasteiger partial charge in [-0.05, 0) is 36.8 Å². The van der Waals surface area contributed by atoms with Gasteiger partial charge in [0.15, 0.2) is 6.61 Å². The highest BCUT2D eigenvalue weighted by Crippen LogP contribution is 2.33. The molecule has 2 aromatic carbocycles. The normalized spacial score (nSPS) is 16.2. The third-order valence-electron chi connectivity index (χ3n) is 4.42. The molecule has 0 radical (unpaired) electrons. The van der Waals surface area contributed by atoms with Crippen LogP contribution in [0.15, 0.2) is 42.5 Å². The van der Waals surface area contributed by atoms with Crippen LogP contribution in [-0.2, 0) is 19.1 Å². The van der Waals surface area contributed by atoms with E-state index in [1.165, 1.54) is 4.90 Å². The number of rotatable bonds is 5. The van der Waals surface area contributed by atoms with Crippen LogP contribution in [0.5, 0.6) is 0 Å². The molecule has 0 saturated carbocycles. The molecule has 1 aliphatic heterocycles. The standard InChI is InChI=1S/C20H18Cl2N2O4/c1-12-4-2-3-5-16(12)23-18(25)11-28-20(27)13-8-19(26)24(10-13)17-9-14(21)6-7-15(17)22/h2-7,9,13H,8,10-11H2,1H3,(H,23,25)/t13-/m1/s1. The van der Waals surface area contributed by atoms with Crippen LogP contribution in [0.1, 0.15) is 12.0 Å². The molecular formula is C20H18Cl2N2O4. The van der Waals surface area contributed by atoms with E-state index < -0.39 is 24.4 Å². The Morgan fingerprint density at radius 2 is 1.96 bits per heavy atom. The summed E-state index contributed by atoms with van der Waals surface area (Å²) in [6, 6.07) is 12.1. The Kier molecular flexibility index (Phi) is 6.21. The van der Waals surface area contributed by atoms with Gasteiger partial charge in [-0.15, -0.1) is 0 Å². The van der Waals surface area contributed by atoms with E-state index in [4.69, 9.17) is 27.9 Å². The number of hydrogen-bond donors (Lipinski definition) is 1. The number of benzene rings is 2. The van der Waals surface area contributed by atoms with E-state index in [0.717, 1.165) is 5.56 Å². The second kappa shape index (κ2) is 8.63. The number of ether oxygens (including phenoxy) is 1. The first-order chi connectivity index (χ1) is 13.3. The van der Waals surface area contributed by atoms with Gasteiger partial charge in [0.25, 0.3) is 5.91 Å². The van der Waals surface area contributed by atoms with E-state index in [-0.39, 0.29) is 18.9 Å². The SMILES string of the molecule is Cc1ccccc1NC(=O)COC(=O)[C@@H]1CC(=O)N(c2cc(Cl)ccc2Cl)C1. The maximum absolute atomic E-state index is 12.3. The van der Waals surface area contributed by atoms with Gasteiger partial charge in [0.1, 0.15) is 0 Å². The molecule has 2 amide bonds. The molecule has 1 saturated heterocycles. The molecule has 1 atom stereocenters. The van der Waals surface area contributed by atoms with E-state index >= 15 is 0 Å². The third kappa shape index (κ3) is 4.64. The molecule has 28 heavy (non-hydrogen) atoms. The van der Waals surface area contributed by atoms with E-state index in [1.807, 2.05) is 19.1 Å². The van der Waals surface area contributed by atoms with Gasteiger partial charge in [-0.3, -0.25) is 14.4 Å². The van der Waals surface area contributed by atoms with E-state index in [9.17, 15) is 14.4 Å². The fourth-order valence-corrected chi connectivity index (χ4v) is 3.33. The fourth-order valence-electron chi connectivity index (χ4n) is 2.94. The van der Waals surface area contributed by atoms with Crippen molar-refractivity contribution >= 4 is 52.4 Å². The molecule has 0 unspecified atom stereocenters. The second-order valence-electron chi connectivity index (χ2n) is 6.47. The van der Waals surface area contributed by atoms with Crippen molar-refractivity contribution in [1.82, 2.24) is 0 Å². The highest BCUT2D eigenvalue weighted by Gasteiger charge is 2.37. The lowest BCUT2D eigenvalue weighted by Gasteiger charge is -2.18. The van der Waals surface area contributed by atoms with Crippen molar-refractivity contribution in [2.45, 2.75) is 13.3 Å². The lowest BCUT2D eigenvalue weighted by atomic mass is 10.1. The average Bonchev–Trinajstić information content (AvgIpc) is 3.05. The highest BCUT2D eigenvalue weighted by molar-refractivity contribution is 6.35. The lowest BCUT2D eigenvalue weighted by molar-refractivity contribution is -0.151. The summed E-state index contributed by atoms with van der Waals surface area (Å²) in [6.07, 6.45) is -0.0128. The molecule has 8 heteroatoms. The lowest BCUT2D eigenvalue weighted by Crippen LogP contribution is -2.28. The predicted octanol–water partition coefficient (Wildman–Crippen LogP) is 3.84. The molecule has 2 aromatic rings. The minimum absolute atomic E-state index is 0.0128. The van der Waals surface area contributed by atoms with Crippen LogP contribution in [-0.4, -0.2) is 30.9 Å². The molecule has 1 N–H and O–H groups in total. The number of carbonyl (C=O) groups excluding carboxylic acids is 3. The van der Waals surface area contributed by atoms with Crippen LogP contribution >= 0.6 is 23.2 Å². The molecule has 1 fully saturated rings. The molecule has 0 spiro atoms. The van der Waals surface area contributed by atoms with Gasteiger partial charge in [0.2, 0.25) is 5.91 Å². The predicted molar refractivity (Wildman–Crippen MR) is 108 cm³/mol. The van der Waals surface area contributed by atoms with Gasteiger partial charge in [-0.25, -0.2) is 0 Å². The van der Waals surface area contributed by atoms with Crippen molar-refractivity contribution in [3.05, 3.63) is 58.1 Å². The number of anilines is 2. The summed E-state index contributed by atoms with van der Waals surface area (Å²) in [7, 11) is 0. The molecule has 0 aliphatic carbocycles. The summed E-state index contributed by atoms with van der Waals surface area (Å²) in [5, 5.41) is 3.49. The van der Waals surface area contributed by atoms with Crippen LogP contribution in [0.2, 0.25) is 10.0 Å². The van der Waals surface area contributed by atoms with Gasteiger partial charge in [0, 0.05) is 23.7 Å². The fraction of sp³-hybridized carbons (Fsp3) is 0.250. The van der Waals surface area contributed by atoms with Crippen LogP contribution in [0, 0.1) is 12.8 Å². The zero-order chi connectivity index (χ0) is 20.3. The zero-order valence-corrected chi connectivity index (χ0v) is 16.6. The topological polar surface area (TPSA) is 75.7 Å². The molecule has 0 aromatic heterocycles.